The molecule has 2 aromatic rings. The minimum absolute atomic E-state index is 0.00621. The van der Waals surface area contributed by atoms with E-state index in [4.69, 9.17) is 4.74 Å². The summed E-state index contributed by atoms with van der Waals surface area (Å²) in [5, 5.41) is 0. The second-order valence-electron chi connectivity index (χ2n) is 8.28. The van der Waals surface area contributed by atoms with Gasteiger partial charge < -0.3 is 14.5 Å². The second-order valence-corrected chi connectivity index (χ2v) is 8.28. The fourth-order valence-electron chi connectivity index (χ4n) is 4.84. The van der Waals surface area contributed by atoms with Crippen LogP contribution in [0.3, 0.4) is 0 Å². The summed E-state index contributed by atoms with van der Waals surface area (Å²) in [5.74, 6) is 0.641. The molecule has 5 nitrogen and oxygen atoms in total. The molecular weight excluding hydrogens is 364 g/mol. The first-order valence-corrected chi connectivity index (χ1v) is 10.6. The molecule has 0 spiro atoms. The molecule has 5 heteroatoms. The zero-order valence-corrected chi connectivity index (χ0v) is 16.5. The summed E-state index contributed by atoms with van der Waals surface area (Å²) in [6, 6.07) is 15.9. The largest absolute Gasteiger partial charge is 0.476 e. The summed E-state index contributed by atoms with van der Waals surface area (Å²) in [6.07, 6.45) is 4.15. The number of carbonyl (C=O) groups excluding carboxylic acids is 2. The molecule has 0 bridgehead atoms. The van der Waals surface area contributed by atoms with E-state index in [0.717, 1.165) is 44.5 Å². The molecule has 2 aliphatic heterocycles. The SMILES string of the molecule is O=C(C1CN(C(=O)C2Cc3ccccc3C2)c2ccccc2O1)N1CCCCC1. The van der Waals surface area contributed by atoms with Crippen molar-refractivity contribution in [3.8, 4) is 5.75 Å². The fourth-order valence-corrected chi connectivity index (χ4v) is 4.84. The summed E-state index contributed by atoms with van der Waals surface area (Å²) in [6.45, 7) is 1.86. The zero-order valence-electron chi connectivity index (χ0n) is 16.5. The van der Waals surface area contributed by atoms with E-state index in [1.165, 1.54) is 17.5 Å². The molecule has 1 fully saturated rings. The number of likely N-dealkylation sites (tertiary alicyclic amines) is 1. The Labute approximate surface area is 171 Å². The monoisotopic (exact) mass is 390 g/mol. The normalized spacial score (nSPS) is 21.3. The highest BCUT2D eigenvalue weighted by atomic mass is 16.5. The smallest absolute Gasteiger partial charge is 0.265 e. The Morgan fingerprint density at radius 3 is 2.21 bits per heavy atom. The van der Waals surface area contributed by atoms with E-state index < -0.39 is 6.10 Å². The van der Waals surface area contributed by atoms with Crippen LogP contribution in [0.4, 0.5) is 5.69 Å². The molecule has 1 atom stereocenters. The van der Waals surface area contributed by atoms with E-state index in [1.807, 2.05) is 41.3 Å². The van der Waals surface area contributed by atoms with E-state index >= 15 is 0 Å². The summed E-state index contributed by atoms with van der Waals surface area (Å²) in [5.41, 5.74) is 3.29. The van der Waals surface area contributed by atoms with Crippen molar-refractivity contribution < 1.29 is 14.3 Å². The Hall–Kier alpha value is -2.82. The maximum Gasteiger partial charge on any atom is 0.265 e. The van der Waals surface area contributed by atoms with Crippen LogP contribution < -0.4 is 9.64 Å². The number of amides is 2. The van der Waals surface area contributed by atoms with Crippen LogP contribution in [0.1, 0.15) is 30.4 Å². The molecule has 5 rings (SSSR count). The van der Waals surface area contributed by atoms with Gasteiger partial charge in [-0.05, 0) is 55.4 Å². The molecule has 3 aliphatic rings. The van der Waals surface area contributed by atoms with Crippen LogP contribution in [0.15, 0.2) is 48.5 Å². The number of hydrogen-bond acceptors (Lipinski definition) is 3. The molecule has 1 aliphatic carbocycles. The van der Waals surface area contributed by atoms with Crippen molar-refractivity contribution in [3.63, 3.8) is 0 Å². The zero-order chi connectivity index (χ0) is 19.8. The van der Waals surface area contributed by atoms with Crippen molar-refractivity contribution in [2.75, 3.05) is 24.5 Å². The first-order valence-electron chi connectivity index (χ1n) is 10.6. The van der Waals surface area contributed by atoms with Crippen LogP contribution in [-0.2, 0) is 22.4 Å². The van der Waals surface area contributed by atoms with Gasteiger partial charge in [0.05, 0.1) is 12.2 Å². The quantitative estimate of drug-likeness (QED) is 0.791. The summed E-state index contributed by atoms with van der Waals surface area (Å²) >= 11 is 0. The molecule has 0 radical (unpaired) electrons. The maximum absolute atomic E-state index is 13.5. The van der Waals surface area contributed by atoms with Gasteiger partial charge in [0, 0.05) is 19.0 Å². The molecule has 1 saturated heterocycles. The number of carbonyl (C=O) groups is 2. The van der Waals surface area contributed by atoms with Crippen molar-refractivity contribution in [2.45, 2.75) is 38.2 Å². The minimum atomic E-state index is -0.629. The highest BCUT2D eigenvalue weighted by Gasteiger charge is 2.39. The molecule has 0 aromatic heterocycles. The van der Waals surface area contributed by atoms with E-state index in [1.54, 1.807) is 4.90 Å². The van der Waals surface area contributed by atoms with Crippen molar-refractivity contribution in [3.05, 3.63) is 59.7 Å². The Bertz CT molecular complexity index is 910. The number of benzene rings is 2. The van der Waals surface area contributed by atoms with Gasteiger partial charge in [0.15, 0.2) is 6.10 Å². The molecule has 29 heavy (non-hydrogen) atoms. The van der Waals surface area contributed by atoms with Crippen LogP contribution in [0, 0.1) is 5.92 Å². The van der Waals surface area contributed by atoms with Gasteiger partial charge in [0.1, 0.15) is 5.75 Å². The fraction of sp³-hybridized carbons (Fsp3) is 0.417. The Balaban J connectivity index is 1.39. The lowest BCUT2D eigenvalue weighted by Gasteiger charge is -2.38. The van der Waals surface area contributed by atoms with Crippen LogP contribution in [-0.4, -0.2) is 42.5 Å². The molecule has 0 saturated carbocycles. The predicted octanol–water partition coefficient (Wildman–Crippen LogP) is 3.21. The molecular formula is C24H26N2O3. The van der Waals surface area contributed by atoms with Gasteiger partial charge >= 0.3 is 0 Å². The van der Waals surface area contributed by atoms with Crippen LogP contribution in [0.5, 0.6) is 5.75 Å². The van der Waals surface area contributed by atoms with Gasteiger partial charge in [-0.15, -0.1) is 0 Å². The predicted molar refractivity (Wildman–Crippen MR) is 111 cm³/mol. The Kier molecular flexibility index (Phi) is 4.74. The number of rotatable bonds is 2. The number of piperidine rings is 1. The minimum Gasteiger partial charge on any atom is -0.476 e. The molecule has 0 N–H and O–H groups in total. The average molecular weight is 390 g/mol. The standard InChI is InChI=1S/C24H26N2O3/c27-23(19-14-17-8-2-3-9-18(17)15-19)26-16-22(24(28)25-12-6-1-7-13-25)29-21-11-5-4-10-20(21)26/h2-5,8-11,19,22H,1,6-7,12-16H2. The van der Waals surface area contributed by atoms with E-state index in [-0.39, 0.29) is 24.3 Å². The number of nitrogens with zero attached hydrogens (tertiary/aromatic N) is 2. The topological polar surface area (TPSA) is 49.9 Å². The number of hydrogen-bond donors (Lipinski definition) is 0. The molecule has 2 amide bonds. The van der Waals surface area contributed by atoms with Crippen LogP contribution in [0.25, 0.3) is 0 Å². The third kappa shape index (κ3) is 3.39. The number of para-hydroxylation sites is 2. The maximum atomic E-state index is 13.5. The van der Waals surface area contributed by atoms with Gasteiger partial charge in [-0.1, -0.05) is 36.4 Å². The van der Waals surface area contributed by atoms with Gasteiger partial charge in [0.25, 0.3) is 5.91 Å². The number of fused-ring (bicyclic) bond motifs is 2. The highest BCUT2D eigenvalue weighted by molar-refractivity contribution is 5.99. The van der Waals surface area contributed by atoms with Crippen LogP contribution >= 0.6 is 0 Å². The highest BCUT2D eigenvalue weighted by Crippen LogP contribution is 2.37. The Morgan fingerprint density at radius 2 is 1.48 bits per heavy atom. The van der Waals surface area contributed by atoms with Gasteiger partial charge in [-0.2, -0.15) is 0 Å². The average Bonchev–Trinajstić information content (AvgIpc) is 3.22. The third-order valence-electron chi connectivity index (χ3n) is 6.38. The van der Waals surface area contributed by atoms with E-state index in [9.17, 15) is 9.59 Å². The van der Waals surface area contributed by atoms with E-state index in [2.05, 4.69) is 12.1 Å². The van der Waals surface area contributed by atoms with Crippen molar-refractivity contribution >= 4 is 17.5 Å². The third-order valence-corrected chi connectivity index (χ3v) is 6.38. The lowest BCUT2D eigenvalue weighted by Crippen LogP contribution is -2.53. The summed E-state index contributed by atoms with van der Waals surface area (Å²) < 4.78 is 6.07. The lowest BCUT2D eigenvalue weighted by atomic mass is 10.0. The van der Waals surface area contributed by atoms with Gasteiger partial charge in [-0.25, -0.2) is 0 Å². The summed E-state index contributed by atoms with van der Waals surface area (Å²) in [7, 11) is 0. The molecule has 2 heterocycles. The van der Waals surface area contributed by atoms with Crippen molar-refractivity contribution in [1.82, 2.24) is 4.90 Å². The number of ether oxygens (including phenoxy) is 1. The molecule has 150 valence electrons. The number of anilines is 1. The van der Waals surface area contributed by atoms with Crippen molar-refractivity contribution in [2.24, 2.45) is 5.92 Å². The van der Waals surface area contributed by atoms with E-state index in [0.29, 0.717) is 5.75 Å². The van der Waals surface area contributed by atoms with Gasteiger partial charge in [-0.3, -0.25) is 9.59 Å². The lowest BCUT2D eigenvalue weighted by molar-refractivity contribution is -0.139. The molecule has 2 aromatic carbocycles. The second kappa shape index (κ2) is 7.54. The summed E-state index contributed by atoms with van der Waals surface area (Å²) in [4.78, 5) is 30.3. The van der Waals surface area contributed by atoms with Crippen molar-refractivity contribution in [1.29, 1.82) is 0 Å². The first-order chi connectivity index (χ1) is 14.2. The molecule has 1 unspecified atom stereocenters. The van der Waals surface area contributed by atoms with Gasteiger partial charge in [0.2, 0.25) is 5.91 Å². The Morgan fingerprint density at radius 1 is 0.828 bits per heavy atom. The first kappa shape index (κ1) is 18.2. The van der Waals surface area contributed by atoms with Crippen LogP contribution in [0.2, 0.25) is 0 Å².